The molecule has 0 aliphatic heterocycles. The SMILES string of the molecule is Cc1cccc(NC(=S)NNC(=O)Cc2cc(=O)[nH]c(=S)[nH]2)c1. The lowest BCUT2D eigenvalue weighted by atomic mass is 10.2. The van der Waals surface area contributed by atoms with Crippen molar-refractivity contribution >= 4 is 41.1 Å². The molecule has 0 bridgehead atoms. The molecule has 2 rings (SSSR count). The molecule has 2 aromatic rings. The van der Waals surface area contributed by atoms with E-state index in [-0.39, 0.29) is 27.8 Å². The number of carbonyl (C=O) groups is 1. The van der Waals surface area contributed by atoms with Crippen molar-refractivity contribution < 1.29 is 4.79 Å². The molecule has 1 aromatic carbocycles. The molecular weight excluding hydrogens is 334 g/mol. The summed E-state index contributed by atoms with van der Waals surface area (Å²) >= 11 is 9.93. The van der Waals surface area contributed by atoms with Gasteiger partial charge in [-0.05, 0) is 49.1 Å². The highest BCUT2D eigenvalue weighted by Crippen LogP contribution is 2.08. The topological polar surface area (TPSA) is 102 Å². The second-order valence-corrected chi connectivity index (χ2v) is 5.60. The number of hydrazine groups is 1. The predicted molar refractivity (Wildman–Crippen MR) is 94.6 cm³/mol. The van der Waals surface area contributed by atoms with Gasteiger partial charge in [-0.1, -0.05) is 12.1 Å². The Labute approximate surface area is 142 Å². The summed E-state index contributed by atoms with van der Waals surface area (Å²) < 4.78 is 0.171. The molecule has 9 heteroatoms. The Morgan fingerprint density at radius 3 is 2.70 bits per heavy atom. The number of nitrogens with one attached hydrogen (secondary N) is 5. The van der Waals surface area contributed by atoms with E-state index < -0.39 is 0 Å². The van der Waals surface area contributed by atoms with Gasteiger partial charge in [-0.15, -0.1) is 0 Å². The molecule has 1 amide bonds. The van der Waals surface area contributed by atoms with Crippen LogP contribution in [0.1, 0.15) is 11.3 Å². The molecule has 0 aliphatic rings. The number of aryl methyl sites for hydroxylation is 1. The molecule has 120 valence electrons. The standard InChI is InChI=1S/C14H15N5O2S2/c1-8-3-2-4-9(5-8)15-14(23)19-18-12(21)7-10-6-11(20)17-13(22)16-10/h2-6H,7H2,1H3,(H,18,21)(H2,15,19,23)(H2,16,17,20,22). The first kappa shape index (κ1) is 16.8. The van der Waals surface area contributed by atoms with E-state index in [9.17, 15) is 9.59 Å². The van der Waals surface area contributed by atoms with E-state index in [1.54, 1.807) is 0 Å². The van der Waals surface area contributed by atoms with Crippen molar-refractivity contribution in [1.82, 2.24) is 20.8 Å². The van der Waals surface area contributed by atoms with Crippen molar-refractivity contribution in [2.75, 3.05) is 5.32 Å². The number of benzene rings is 1. The molecule has 1 heterocycles. The zero-order valence-corrected chi connectivity index (χ0v) is 13.9. The van der Waals surface area contributed by atoms with Gasteiger partial charge in [0.2, 0.25) is 5.91 Å². The fraction of sp³-hybridized carbons (Fsp3) is 0.143. The average Bonchev–Trinajstić information content (AvgIpc) is 2.44. The lowest BCUT2D eigenvalue weighted by Crippen LogP contribution is -2.44. The number of H-pyrrole nitrogens is 2. The third-order valence-electron chi connectivity index (χ3n) is 2.76. The quantitative estimate of drug-likeness (QED) is 0.423. The zero-order chi connectivity index (χ0) is 16.8. The second kappa shape index (κ2) is 7.65. The Bertz CT molecular complexity index is 815. The average molecular weight is 349 g/mol. The van der Waals surface area contributed by atoms with Gasteiger partial charge in [0, 0.05) is 17.4 Å². The van der Waals surface area contributed by atoms with E-state index in [1.807, 2.05) is 31.2 Å². The molecule has 0 radical (unpaired) electrons. The highest BCUT2D eigenvalue weighted by Gasteiger charge is 2.05. The van der Waals surface area contributed by atoms with Gasteiger partial charge in [-0.3, -0.25) is 25.4 Å². The van der Waals surface area contributed by atoms with Crippen LogP contribution in [-0.4, -0.2) is 21.0 Å². The zero-order valence-electron chi connectivity index (χ0n) is 12.2. The summed E-state index contributed by atoms with van der Waals surface area (Å²) in [6, 6.07) is 8.92. The van der Waals surface area contributed by atoms with Crippen LogP contribution in [0.15, 0.2) is 35.1 Å². The smallest absolute Gasteiger partial charge is 0.251 e. The van der Waals surface area contributed by atoms with Gasteiger partial charge >= 0.3 is 0 Å². The maximum absolute atomic E-state index is 11.8. The molecule has 0 unspecified atom stereocenters. The number of anilines is 1. The molecule has 1 aromatic heterocycles. The van der Waals surface area contributed by atoms with Crippen LogP contribution in [0.25, 0.3) is 0 Å². The number of thiocarbonyl (C=S) groups is 1. The molecule has 0 saturated heterocycles. The number of carbonyl (C=O) groups excluding carboxylic acids is 1. The number of aromatic nitrogens is 2. The van der Waals surface area contributed by atoms with Gasteiger partial charge in [-0.25, -0.2) is 0 Å². The molecule has 0 fully saturated rings. The molecular formula is C14H15N5O2S2. The van der Waals surface area contributed by atoms with Gasteiger partial charge in [-0.2, -0.15) is 0 Å². The van der Waals surface area contributed by atoms with Crippen LogP contribution in [-0.2, 0) is 11.2 Å². The first-order valence-electron chi connectivity index (χ1n) is 6.67. The van der Waals surface area contributed by atoms with E-state index in [4.69, 9.17) is 24.4 Å². The van der Waals surface area contributed by atoms with E-state index >= 15 is 0 Å². The number of rotatable bonds is 3. The van der Waals surface area contributed by atoms with Crippen LogP contribution in [0.3, 0.4) is 0 Å². The van der Waals surface area contributed by atoms with Gasteiger partial charge in [0.25, 0.3) is 5.56 Å². The molecule has 0 saturated carbocycles. The second-order valence-electron chi connectivity index (χ2n) is 4.79. The van der Waals surface area contributed by atoms with E-state index in [0.717, 1.165) is 11.3 Å². The lowest BCUT2D eigenvalue weighted by Gasteiger charge is -2.12. The predicted octanol–water partition coefficient (Wildman–Crippen LogP) is 1.30. The Balaban J connectivity index is 1.85. The summed E-state index contributed by atoms with van der Waals surface area (Å²) in [5.74, 6) is -0.366. The summed E-state index contributed by atoms with van der Waals surface area (Å²) in [4.78, 5) is 28.2. The van der Waals surface area contributed by atoms with Crippen molar-refractivity contribution in [1.29, 1.82) is 0 Å². The van der Waals surface area contributed by atoms with Crippen LogP contribution in [0.4, 0.5) is 5.69 Å². The van der Waals surface area contributed by atoms with Crippen LogP contribution in [0.5, 0.6) is 0 Å². The monoisotopic (exact) mass is 349 g/mol. The fourth-order valence-electron chi connectivity index (χ4n) is 1.84. The van der Waals surface area contributed by atoms with Crippen molar-refractivity contribution in [3.05, 3.63) is 56.7 Å². The van der Waals surface area contributed by atoms with Crippen molar-refractivity contribution in [3.63, 3.8) is 0 Å². The van der Waals surface area contributed by atoms with Gasteiger partial charge < -0.3 is 10.3 Å². The Morgan fingerprint density at radius 1 is 1.22 bits per heavy atom. The minimum Gasteiger partial charge on any atom is -0.335 e. The normalized spacial score (nSPS) is 9.96. The molecule has 5 N–H and O–H groups in total. The van der Waals surface area contributed by atoms with Gasteiger partial charge in [0.05, 0.1) is 6.42 Å². The fourth-order valence-corrected chi connectivity index (χ4v) is 2.24. The van der Waals surface area contributed by atoms with Crippen molar-refractivity contribution in [2.24, 2.45) is 0 Å². The number of hydrogen-bond donors (Lipinski definition) is 5. The van der Waals surface area contributed by atoms with Crippen LogP contribution in [0.2, 0.25) is 0 Å². The molecule has 0 atom stereocenters. The van der Waals surface area contributed by atoms with Crippen LogP contribution < -0.4 is 21.7 Å². The Morgan fingerprint density at radius 2 is 2.00 bits per heavy atom. The summed E-state index contributed by atoms with van der Waals surface area (Å²) in [7, 11) is 0. The van der Waals surface area contributed by atoms with E-state index in [2.05, 4.69) is 26.1 Å². The molecule has 23 heavy (non-hydrogen) atoms. The molecule has 7 nitrogen and oxygen atoms in total. The first-order chi connectivity index (χ1) is 10.9. The molecule has 0 spiro atoms. The largest absolute Gasteiger partial charge is 0.335 e. The third kappa shape index (κ3) is 5.64. The maximum atomic E-state index is 11.8. The van der Waals surface area contributed by atoms with Crippen LogP contribution in [0, 0.1) is 11.7 Å². The summed E-state index contributed by atoms with van der Waals surface area (Å²) in [6.07, 6.45) is -0.0341. The summed E-state index contributed by atoms with van der Waals surface area (Å²) in [5.41, 5.74) is 7.00. The minimum absolute atomic E-state index is 0.0341. The lowest BCUT2D eigenvalue weighted by molar-refractivity contribution is -0.121. The van der Waals surface area contributed by atoms with Crippen molar-refractivity contribution in [3.8, 4) is 0 Å². The Kier molecular flexibility index (Phi) is 5.61. The number of amides is 1. The number of hydrogen-bond acceptors (Lipinski definition) is 4. The maximum Gasteiger partial charge on any atom is 0.251 e. The molecule has 0 aliphatic carbocycles. The third-order valence-corrected chi connectivity index (χ3v) is 3.17. The highest BCUT2D eigenvalue weighted by atomic mass is 32.1. The van der Waals surface area contributed by atoms with E-state index in [0.29, 0.717) is 5.69 Å². The summed E-state index contributed by atoms with van der Waals surface area (Å²) in [6.45, 7) is 1.97. The van der Waals surface area contributed by atoms with E-state index in [1.165, 1.54) is 6.07 Å². The van der Waals surface area contributed by atoms with Gasteiger partial charge in [0.15, 0.2) is 9.88 Å². The summed E-state index contributed by atoms with van der Waals surface area (Å²) in [5, 5.41) is 3.20. The first-order valence-corrected chi connectivity index (χ1v) is 7.49. The van der Waals surface area contributed by atoms with Crippen LogP contribution >= 0.6 is 24.4 Å². The highest BCUT2D eigenvalue weighted by molar-refractivity contribution is 7.80. The Hall–Kier alpha value is -2.52. The van der Waals surface area contributed by atoms with Gasteiger partial charge in [0.1, 0.15) is 0 Å². The minimum atomic E-state index is -0.366. The number of aromatic amines is 2. The van der Waals surface area contributed by atoms with Crippen molar-refractivity contribution in [2.45, 2.75) is 13.3 Å².